The third-order valence-corrected chi connectivity index (χ3v) is 4.46. The first kappa shape index (κ1) is 17.6. The zero-order valence-corrected chi connectivity index (χ0v) is 14.0. The van der Waals surface area contributed by atoms with Gasteiger partial charge in [-0.05, 0) is 43.7 Å². The normalized spacial score (nSPS) is 20.0. The molecule has 1 heterocycles. The Labute approximate surface area is 143 Å². The second-order valence-electron chi connectivity index (χ2n) is 6.23. The number of para-hydroxylation sites is 1. The molecule has 2 amide bonds. The van der Waals surface area contributed by atoms with Gasteiger partial charge in [-0.15, -0.1) is 12.4 Å². The fourth-order valence-electron chi connectivity index (χ4n) is 3.01. The quantitative estimate of drug-likeness (QED) is 0.806. The number of amides is 2. The molecule has 1 saturated heterocycles. The molecule has 1 unspecified atom stereocenters. The van der Waals surface area contributed by atoms with Crippen molar-refractivity contribution in [2.75, 3.05) is 12.3 Å². The molecule has 1 aliphatic carbocycles. The molecule has 2 fully saturated rings. The lowest BCUT2D eigenvalue weighted by Crippen LogP contribution is -2.46. The first-order valence-electron chi connectivity index (χ1n) is 8.08. The minimum absolute atomic E-state index is 0. The summed E-state index contributed by atoms with van der Waals surface area (Å²) in [4.78, 5) is 26.4. The number of carbonyl (C=O) groups is 2. The van der Waals surface area contributed by atoms with Crippen LogP contribution in [-0.2, 0) is 16.0 Å². The van der Waals surface area contributed by atoms with Crippen molar-refractivity contribution in [1.82, 2.24) is 10.2 Å². The number of carbonyl (C=O) groups excluding carboxylic acids is 2. The number of anilines is 1. The highest BCUT2D eigenvalue weighted by molar-refractivity contribution is 5.88. The molecule has 0 aromatic heterocycles. The van der Waals surface area contributed by atoms with E-state index >= 15 is 0 Å². The van der Waals surface area contributed by atoms with Crippen LogP contribution in [0.15, 0.2) is 24.3 Å². The second-order valence-corrected chi connectivity index (χ2v) is 6.23. The molecule has 126 valence electrons. The Morgan fingerprint density at radius 2 is 1.96 bits per heavy atom. The highest BCUT2D eigenvalue weighted by atomic mass is 35.5. The number of likely N-dealkylation sites (tertiary alicyclic amines) is 1. The minimum atomic E-state index is -0.277. The maximum Gasteiger partial charge on any atom is 0.243 e. The first-order chi connectivity index (χ1) is 10.6. The van der Waals surface area contributed by atoms with Gasteiger partial charge in [-0.3, -0.25) is 9.59 Å². The molecule has 23 heavy (non-hydrogen) atoms. The van der Waals surface area contributed by atoms with Crippen LogP contribution in [0.1, 0.15) is 37.7 Å². The van der Waals surface area contributed by atoms with Crippen LogP contribution in [0.25, 0.3) is 0 Å². The molecule has 0 radical (unpaired) electrons. The van der Waals surface area contributed by atoms with Gasteiger partial charge in [-0.2, -0.15) is 0 Å². The monoisotopic (exact) mass is 337 g/mol. The molecule has 3 rings (SSSR count). The van der Waals surface area contributed by atoms with Crippen molar-refractivity contribution in [3.05, 3.63) is 29.8 Å². The molecule has 6 heteroatoms. The third-order valence-electron chi connectivity index (χ3n) is 4.46. The summed E-state index contributed by atoms with van der Waals surface area (Å²) in [7, 11) is 0. The smallest absolute Gasteiger partial charge is 0.243 e. The standard InChI is InChI=1S/C17H23N3O2.ClH/c18-14-5-2-1-4-12(14)7-10-16(21)20-11-3-6-15(20)17(22)19-13-8-9-13;/h1-2,4-5,13,15H,3,6-11,18H2,(H,19,22);1H. The van der Waals surface area contributed by atoms with Crippen LogP contribution in [0.3, 0.4) is 0 Å². The van der Waals surface area contributed by atoms with Gasteiger partial charge in [0, 0.05) is 24.7 Å². The number of hydrogen-bond acceptors (Lipinski definition) is 3. The van der Waals surface area contributed by atoms with Gasteiger partial charge in [0.25, 0.3) is 0 Å². The third kappa shape index (κ3) is 4.38. The van der Waals surface area contributed by atoms with Crippen molar-refractivity contribution in [3.63, 3.8) is 0 Å². The molecule has 3 N–H and O–H groups in total. The molecular weight excluding hydrogens is 314 g/mol. The Bertz CT molecular complexity index is 575. The minimum Gasteiger partial charge on any atom is -0.399 e. The fraction of sp³-hybridized carbons (Fsp3) is 0.529. The number of nitrogens with one attached hydrogen (secondary N) is 1. The lowest BCUT2D eigenvalue weighted by molar-refractivity contribution is -0.138. The summed E-state index contributed by atoms with van der Waals surface area (Å²) in [5, 5.41) is 3.01. The van der Waals surface area contributed by atoms with Crippen molar-refractivity contribution in [1.29, 1.82) is 0 Å². The van der Waals surface area contributed by atoms with Crippen LogP contribution in [0, 0.1) is 0 Å². The van der Waals surface area contributed by atoms with E-state index in [4.69, 9.17) is 5.73 Å². The predicted octanol–water partition coefficient (Wildman–Crippen LogP) is 1.89. The van der Waals surface area contributed by atoms with Crippen molar-refractivity contribution >= 4 is 29.9 Å². The number of benzene rings is 1. The summed E-state index contributed by atoms with van der Waals surface area (Å²) in [6, 6.07) is 7.68. The van der Waals surface area contributed by atoms with Gasteiger partial charge in [-0.1, -0.05) is 18.2 Å². The van der Waals surface area contributed by atoms with Crippen molar-refractivity contribution < 1.29 is 9.59 Å². The largest absolute Gasteiger partial charge is 0.399 e. The van der Waals surface area contributed by atoms with E-state index < -0.39 is 0 Å². The summed E-state index contributed by atoms with van der Waals surface area (Å²) in [5.74, 6) is 0.0734. The number of nitrogen functional groups attached to an aromatic ring is 1. The van der Waals surface area contributed by atoms with Gasteiger partial charge >= 0.3 is 0 Å². The van der Waals surface area contributed by atoms with Crippen LogP contribution in [0.5, 0.6) is 0 Å². The van der Waals surface area contributed by atoms with E-state index in [-0.39, 0.29) is 30.3 Å². The number of hydrogen-bond donors (Lipinski definition) is 2. The molecule has 1 saturated carbocycles. The average Bonchev–Trinajstić information content (AvgIpc) is 3.18. The van der Waals surface area contributed by atoms with Gasteiger partial charge in [0.05, 0.1) is 0 Å². The van der Waals surface area contributed by atoms with E-state index in [9.17, 15) is 9.59 Å². The molecule has 1 atom stereocenters. The second kappa shape index (κ2) is 7.68. The molecule has 0 spiro atoms. The van der Waals surface area contributed by atoms with Crippen LogP contribution in [0.4, 0.5) is 5.69 Å². The van der Waals surface area contributed by atoms with Crippen molar-refractivity contribution in [2.24, 2.45) is 0 Å². The molecule has 2 aliphatic rings. The van der Waals surface area contributed by atoms with Crippen LogP contribution in [-0.4, -0.2) is 35.3 Å². The topological polar surface area (TPSA) is 75.4 Å². The average molecular weight is 338 g/mol. The lowest BCUT2D eigenvalue weighted by atomic mass is 10.1. The highest BCUT2D eigenvalue weighted by Gasteiger charge is 2.36. The Balaban J connectivity index is 0.00000192. The van der Waals surface area contributed by atoms with Crippen LogP contribution >= 0.6 is 12.4 Å². The maximum atomic E-state index is 12.5. The Hall–Kier alpha value is -1.75. The summed E-state index contributed by atoms with van der Waals surface area (Å²) < 4.78 is 0. The number of rotatable bonds is 5. The highest BCUT2D eigenvalue weighted by Crippen LogP contribution is 2.23. The Morgan fingerprint density at radius 1 is 1.22 bits per heavy atom. The molecule has 1 aromatic rings. The van der Waals surface area contributed by atoms with Gasteiger partial charge in [0.2, 0.25) is 11.8 Å². The molecule has 5 nitrogen and oxygen atoms in total. The summed E-state index contributed by atoms with van der Waals surface area (Å²) in [6.45, 7) is 0.686. The maximum absolute atomic E-state index is 12.5. The summed E-state index contributed by atoms with van der Waals surface area (Å²) >= 11 is 0. The predicted molar refractivity (Wildman–Crippen MR) is 92.3 cm³/mol. The van der Waals surface area contributed by atoms with E-state index in [0.717, 1.165) is 36.9 Å². The summed E-state index contributed by atoms with van der Waals surface area (Å²) in [5.41, 5.74) is 7.62. The Morgan fingerprint density at radius 3 is 2.65 bits per heavy atom. The van der Waals surface area contributed by atoms with E-state index in [1.54, 1.807) is 4.90 Å². The van der Waals surface area contributed by atoms with Crippen LogP contribution < -0.4 is 11.1 Å². The number of halogens is 1. The zero-order chi connectivity index (χ0) is 15.5. The number of aryl methyl sites for hydroxylation is 1. The zero-order valence-electron chi connectivity index (χ0n) is 13.2. The van der Waals surface area contributed by atoms with E-state index in [0.29, 0.717) is 25.4 Å². The molecule has 0 bridgehead atoms. The molecule has 1 aliphatic heterocycles. The van der Waals surface area contributed by atoms with Gasteiger partial charge < -0.3 is 16.0 Å². The Kier molecular flexibility index (Phi) is 5.88. The molecule has 1 aromatic carbocycles. The van der Waals surface area contributed by atoms with Gasteiger partial charge in [0.1, 0.15) is 6.04 Å². The van der Waals surface area contributed by atoms with Crippen LogP contribution in [0.2, 0.25) is 0 Å². The van der Waals surface area contributed by atoms with Gasteiger partial charge in [0.15, 0.2) is 0 Å². The van der Waals surface area contributed by atoms with E-state index in [2.05, 4.69) is 5.32 Å². The van der Waals surface area contributed by atoms with E-state index in [1.807, 2.05) is 24.3 Å². The lowest BCUT2D eigenvalue weighted by Gasteiger charge is -2.24. The summed E-state index contributed by atoms with van der Waals surface area (Å²) in [6.07, 6.45) is 4.85. The first-order valence-corrected chi connectivity index (χ1v) is 8.08. The van der Waals surface area contributed by atoms with Crippen molar-refractivity contribution in [2.45, 2.75) is 50.6 Å². The van der Waals surface area contributed by atoms with E-state index in [1.165, 1.54) is 0 Å². The fourth-order valence-corrected chi connectivity index (χ4v) is 3.01. The van der Waals surface area contributed by atoms with Gasteiger partial charge in [-0.25, -0.2) is 0 Å². The SMILES string of the molecule is Cl.Nc1ccccc1CCC(=O)N1CCCC1C(=O)NC1CC1. The molecular formula is C17H24ClN3O2. The van der Waals surface area contributed by atoms with Crippen molar-refractivity contribution in [3.8, 4) is 0 Å². The number of nitrogens with two attached hydrogens (primary N) is 1. The number of nitrogens with zero attached hydrogens (tertiary/aromatic N) is 1.